The molecule has 8 nitrogen and oxygen atoms in total. The number of aliphatic carboxylic acids is 1. The SMILES string of the molecule is COc1cc(NC(=O)c2cccc(N=C(N)N)c2)ccc1/C=C/C(=O)O. The number of rotatable bonds is 6. The summed E-state index contributed by atoms with van der Waals surface area (Å²) >= 11 is 0. The number of carbonyl (C=O) groups is 2. The second-order valence-corrected chi connectivity index (χ2v) is 5.17. The van der Waals surface area contributed by atoms with Gasteiger partial charge in [0.25, 0.3) is 5.91 Å². The summed E-state index contributed by atoms with van der Waals surface area (Å²) < 4.78 is 5.23. The summed E-state index contributed by atoms with van der Waals surface area (Å²) in [6.45, 7) is 0. The van der Waals surface area contributed by atoms with Crippen molar-refractivity contribution in [1.29, 1.82) is 0 Å². The van der Waals surface area contributed by atoms with Gasteiger partial charge in [-0.2, -0.15) is 0 Å². The molecule has 0 spiro atoms. The highest BCUT2D eigenvalue weighted by Gasteiger charge is 2.09. The molecule has 0 aromatic heterocycles. The first-order chi connectivity index (χ1) is 12.4. The Hall–Kier alpha value is -3.81. The van der Waals surface area contributed by atoms with Gasteiger partial charge in [-0.3, -0.25) is 4.79 Å². The molecule has 0 saturated heterocycles. The minimum Gasteiger partial charge on any atom is -0.496 e. The normalized spacial score (nSPS) is 10.3. The Bertz CT molecular complexity index is 887. The fourth-order valence-electron chi connectivity index (χ4n) is 2.16. The van der Waals surface area contributed by atoms with Crippen molar-refractivity contribution in [3.8, 4) is 5.75 Å². The zero-order valence-corrected chi connectivity index (χ0v) is 14.0. The number of nitrogens with zero attached hydrogens (tertiary/aromatic N) is 1. The first-order valence-electron chi connectivity index (χ1n) is 7.49. The zero-order valence-electron chi connectivity index (χ0n) is 14.0. The summed E-state index contributed by atoms with van der Waals surface area (Å²) in [5.74, 6) is -1.09. The Morgan fingerprint density at radius 1 is 1.19 bits per heavy atom. The minimum atomic E-state index is -1.06. The van der Waals surface area contributed by atoms with Gasteiger partial charge in [0.1, 0.15) is 5.75 Å². The monoisotopic (exact) mass is 354 g/mol. The number of methoxy groups -OCH3 is 1. The van der Waals surface area contributed by atoms with Crippen molar-refractivity contribution < 1.29 is 19.4 Å². The Morgan fingerprint density at radius 2 is 1.96 bits per heavy atom. The Balaban J connectivity index is 2.21. The number of ether oxygens (including phenoxy) is 1. The van der Waals surface area contributed by atoms with Crippen LogP contribution in [0.3, 0.4) is 0 Å². The zero-order chi connectivity index (χ0) is 19.1. The number of carboxylic acids is 1. The van der Waals surface area contributed by atoms with Gasteiger partial charge >= 0.3 is 5.97 Å². The summed E-state index contributed by atoms with van der Waals surface area (Å²) in [6.07, 6.45) is 2.41. The third kappa shape index (κ3) is 5.10. The minimum absolute atomic E-state index is 0.0997. The second-order valence-electron chi connectivity index (χ2n) is 5.17. The maximum absolute atomic E-state index is 12.4. The van der Waals surface area contributed by atoms with Crippen LogP contribution in [0.25, 0.3) is 6.08 Å². The molecular formula is C18H18N4O4. The fraction of sp³-hybridized carbons (Fsp3) is 0.0556. The molecule has 2 rings (SSSR count). The lowest BCUT2D eigenvalue weighted by Gasteiger charge is -2.10. The fourth-order valence-corrected chi connectivity index (χ4v) is 2.16. The van der Waals surface area contributed by atoms with Crippen LogP contribution in [0, 0.1) is 0 Å². The topological polar surface area (TPSA) is 140 Å². The molecule has 2 aromatic carbocycles. The van der Waals surface area contributed by atoms with Crippen LogP contribution in [-0.4, -0.2) is 30.1 Å². The molecule has 0 saturated carbocycles. The molecule has 8 heteroatoms. The van der Waals surface area contributed by atoms with Crippen molar-refractivity contribution in [1.82, 2.24) is 0 Å². The molecule has 2 aromatic rings. The van der Waals surface area contributed by atoms with Gasteiger partial charge in [0.15, 0.2) is 5.96 Å². The smallest absolute Gasteiger partial charge is 0.328 e. The lowest BCUT2D eigenvalue weighted by Crippen LogP contribution is -2.21. The molecule has 0 bridgehead atoms. The van der Waals surface area contributed by atoms with Crippen LogP contribution in [0.5, 0.6) is 5.75 Å². The second kappa shape index (κ2) is 8.34. The lowest BCUT2D eigenvalue weighted by atomic mass is 10.1. The standard InChI is InChI=1S/C18H18N4O4/c1-26-15-10-14(7-5-11(15)6-8-16(23)24)21-17(25)12-3-2-4-13(9-12)22-18(19)20/h2-10H,1H3,(H,21,25)(H,23,24)(H4,19,20,22)/b8-6+. The van der Waals surface area contributed by atoms with Crippen LogP contribution in [0.1, 0.15) is 15.9 Å². The third-order valence-corrected chi connectivity index (χ3v) is 3.26. The molecular weight excluding hydrogens is 336 g/mol. The van der Waals surface area contributed by atoms with Crippen molar-refractivity contribution in [3.05, 3.63) is 59.7 Å². The van der Waals surface area contributed by atoms with E-state index in [9.17, 15) is 9.59 Å². The first-order valence-corrected chi connectivity index (χ1v) is 7.49. The van der Waals surface area contributed by atoms with Gasteiger partial charge in [-0.05, 0) is 36.4 Å². The number of anilines is 1. The molecule has 0 unspecified atom stereocenters. The van der Waals surface area contributed by atoms with Gasteiger partial charge in [0.05, 0.1) is 12.8 Å². The number of hydrogen-bond acceptors (Lipinski definition) is 4. The predicted molar refractivity (Wildman–Crippen MR) is 99.5 cm³/mol. The number of nitrogens with one attached hydrogen (secondary N) is 1. The average molecular weight is 354 g/mol. The van der Waals surface area contributed by atoms with E-state index in [0.29, 0.717) is 28.3 Å². The summed E-state index contributed by atoms with van der Waals surface area (Å²) in [5.41, 5.74) is 12.6. The molecule has 0 radical (unpaired) electrons. The molecule has 0 heterocycles. The van der Waals surface area contributed by atoms with Crippen molar-refractivity contribution in [2.75, 3.05) is 12.4 Å². The largest absolute Gasteiger partial charge is 0.496 e. The van der Waals surface area contributed by atoms with Crippen molar-refractivity contribution >= 4 is 35.3 Å². The maximum Gasteiger partial charge on any atom is 0.328 e. The lowest BCUT2D eigenvalue weighted by molar-refractivity contribution is -0.131. The Morgan fingerprint density at radius 3 is 2.62 bits per heavy atom. The highest BCUT2D eigenvalue weighted by atomic mass is 16.5. The molecule has 1 amide bonds. The van der Waals surface area contributed by atoms with Crippen LogP contribution in [0.2, 0.25) is 0 Å². The van der Waals surface area contributed by atoms with Crippen LogP contribution in [0.4, 0.5) is 11.4 Å². The van der Waals surface area contributed by atoms with Gasteiger partial charge in [-0.25, -0.2) is 9.79 Å². The van der Waals surface area contributed by atoms with E-state index >= 15 is 0 Å². The quantitative estimate of drug-likeness (QED) is 0.355. The molecule has 0 aliphatic carbocycles. The average Bonchev–Trinajstić information content (AvgIpc) is 2.60. The number of carbonyl (C=O) groups excluding carboxylic acids is 1. The predicted octanol–water partition coefficient (Wildman–Crippen LogP) is 1.95. The van der Waals surface area contributed by atoms with Crippen molar-refractivity contribution in [2.45, 2.75) is 0 Å². The van der Waals surface area contributed by atoms with Gasteiger partial charge in [-0.1, -0.05) is 6.07 Å². The van der Waals surface area contributed by atoms with E-state index in [1.165, 1.54) is 13.2 Å². The number of nitrogens with two attached hydrogens (primary N) is 2. The third-order valence-electron chi connectivity index (χ3n) is 3.26. The molecule has 26 heavy (non-hydrogen) atoms. The van der Waals surface area contributed by atoms with E-state index < -0.39 is 5.97 Å². The Kier molecular flexibility index (Phi) is 5.94. The van der Waals surface area contributed by atoms with E-state index in [1.807, 2.05) is 0 Å². The number of carboxylic acid groups (broad SMARTS) is 1. The van der Waals surface area contributed by atoms with Crippen LogP contribution in [-0.2, 0) is 4.79 Å². The molecule has 134 valence electrons. The first kappa shape index (κ1) is 18.5. The van der Waals surface area contributed by atoms with Gasteiger partial charge in [0.2, 0.25) is 0 Å². The molecule has 6 N–H and O–H groups in total. The summed E-state index contributed by atoms with van der Waals surface area (Å²) in [4.78, 5) is 26.9. The highest BCUT2D eigenvalue weighted by molar-refractivity contribution is 6.05. The van der Waals surface area contributed by atoms with Crippen LogP contribution >= 0.6 is 0 Å². The van der Waals surface area contributed by atoms with Gasteiger partial charge in [0, 0.05) is 29.0 Å². The molecule has 0 fully saturated rings. The van der Waals surface area contributed by atoms with E-state index in [1.54, 1.807) is 42.5 Å². The number of amides is 1. The van der Waals surface area contributed by atoms with Gasteiger partial charge in [-0.15, -0.1) is 0 Å². The van der Waals surface area contributed by atoms with E-state index in [0.717, 1.165) is 6.08 Å². The molecule has 0 aliphatic heterocycles. The highest BCUT2D eigenvalue weighted by Crippen LogP contribution is 2.25. The maximum atomic E-state index is 12.4. The number of guanidine groups is 1. The molecule has 0 atom stereocenters. The van der Waals surface area contributed by atoms with Crippen LogP contribution in [0.15, 0.2) is 53.5 Å². The Labute approximate surface area is 149 Å². The summed E-state index contributed by atoms with van der Waals surface area (Å²) in [5, 5.41) is 11.4. The van der Waals surface area contributed by atoms with Gasteiger partial charge < -0.3 is 26.6 Å². The van der Waals surface area contributed by atoms with Crippen molar-refractivity contribution in [2.24, 2.45) is 16.5 Å². The number of hydrogen-bond donors (Lipinski definition) is 4. The molecule has 0 aliphatic rings. The van der Waals surface area contributed by atoms with E-state index in [-0.39, 0.29) is 11.9 Å². The number of aliphatic imine (C=N–C) groups is 1. The van der Waals surface area contributed by atoms with E-state index in [4.69, 9.17) is 21.3 Å². The number of benzene rings is 2. The van der Waals surface area contributed by atoms with Crippen molar-refractivity contribution in [3.63, 3.8) is 0 Å². The van der Waals surface area contributed by atoms with E-state index in [2.05, 4.69) is 10.3 Å². The summed E-state index contributed by atoms with van der Waals surface area (Å²) in [7, 11) is 1.46. The van der Waals surface area contributed by atoms with Crippen LogP contribution < -0.4 is 21.5 Å². The summed E-state index contributed by atoms with van der Waals surface area (Å²) in [6, 6.07) is 11.4.